The van der Waals surface area contributed by atoms with Crippen LogP contribution in [0, 0.1) is 6.42 Å². The maximum Gasteiger partial charge on any atom is 0.119 e. The molecule has 0 heterocycles. The van der Waals surface area contributed by atoms with Crippen molar-refractivity contribution in [1.29, 1.82) is 0 Å². The molecule has 105 valence electrons. The van der Waals surface area contributed by atoms with Crippen molar-refractivity contribution in [2.45, 2.75) is 20.3 Å². The van der Waals surface area contributed by atoms with E-state index >= 15 is 0 Å². The highest BCUT2D eigenvalue weighted by atomic mass is 16.5. The topological polar surface area (TPSA) is 18.5 Å². The third kappa shape index (κ3) is 4.30. The van der Waals surface area contributed by atoms with Gasteiger partial charge in [-0.2, -0.15) is 0 Å². The molecule has 0 saturated heterocycles. The summed E-state index contributed by atoms with van der Waals surface area (Å²) in [6.45, 7) is 5.39. The Morgan fingerprint density at radius 2 is 1.50 bits per heavy atom. The van der Waals surface area contributed by atoms with E-state index in [-0.39, 0.29) is 0 Å². The highest BCUT2D eigenvalue weighted by Gasteiger charge is 2.00. The Kier molecular flexibility index (Phi) is 5.48. The van der Waals surface area contributed by atoms with Gasteiger partial charge in [-0.15, -0.1) is 0 Å². The van der Waals surface area contributed by atoms with Gasteiger partial charge in [0.1, 0.15) is 11.5 Å². The van der Waals surface area contributed by atoms with Crippen molar-refractivity contribution in [2.24, 2.45) is 0 Å². The van der Waals surface area contributed by atoms with Crippen molar-refractivity contribution in [1.82, 2.24) is 0 Å². The van der Waals surface area contributed by atoms with Crippen LogP contribution in [-0.4, -0.2) is 13.2 Å². The smallest absolute Gasteiger partial charge is 0.119 e. The molecule has 0 aliphatic rings. The Morgan fingerprint density at radius 3 is 2.20 bits per heavy atom. The Hall–Kier alpha value is -1.96. The molecule has 2 heteroatoms. The third-order valence-corrected chi connectivity index (χ3v) is 2.95. The lowest BCUT2D eigenvalue weighted by Gasteiger charge is -2.07. The monoisotopic (exact) mass is 269 g/mol. The Labute approximate surface area is 121 Å². The summed E-state index contributed by atoms with van der Waals surface area (Å²) in [6, 6.07) is 16.4. The van der Waals surface area contributed by atoms with E-state index in [4.69, 9.17) is 9.47 Å². The lowest BCUT2D eigenvalue weighted by molar-refractivity contribution is 0.339. The van der Waals surface area contributed by atoms with Crippen molar-refractivity contribution in [2.75, 3.05) is 13.2 Å². The van der Waals surface area contributed by atoms with Gasteiger partial charge in [-0.1, -0.05) is 24.3 Å². The number of rotatable bonds is 7. The van der Waals surface area contributed by atoms with E-state index in [0.717, 1.165) is 17.9 Å². The molecule has 20 heavy (non-hydrogen) atoms. The minimum absolute atomic E-state index is 0.694. The zero-order valence-electron chi connectivity index (χ0n) is 12.1. The fourth-order valence-electron chi connectivity index (χ4n) is 2.06. The lowest BCUT2D eigenvalue weighted by Crippen LogP contribution is -1.95. The summed E-state index contributed by atoms with van der Waals surface area (Å²) < 4.78 is 11.0. The van der Waals surface area contributed by atoms with Crippen LogP contribution in [0.1, 0.15) is 25.0 Å². The van der Waals surface area contributed by atoms with E-state index in [0.29, 0.717) is 13.2 Å². The molecule has 2 nitrogen and oxygen atoms in total. The zero-order valence-corrected chi connectivity index (χ0v) is 12.1. The van der Waals surface area contributed by atoms with E-state index in [1.807, 2.05) is 38.1 Å². The first-order valence-electron chi connectivity index (χ1n) is 7.09. The standard InChI is InChI=1S/C18H21O2/c1-3-19-17-9-5-7-15(13-17)11-12-16-8-6-10-18(14-16)20-4-2/h5-11,13-14H,3-4,12H2,1-2H3. The summed E-state index contributed by atoms with van der Waals surface area (Å²) in [5, 5.41) is 0. The lowest BCUT2D eigenvalue weighted by atomic mass is 10.0. The van der Waals surface area contributed by atoms with Crippen LogP contribution in [0.15, 0.2) is 48.5 Å². The van der Waals surface area contributed by atoms with Gasteiger partial charge in [0.15, 0.2) is 0 Å². The molecule has 0 unspecified atom stereocenters. The largest absolute Gasteiger partial charge is 0.494 e. The molecule has 2 aromatic carbocycles. The van der Waals surface area contributed by atoms with Gasteiger partial charge in [0.05, 0.1) is 13.2 Å². The summed E-state index contributed by atoms with van der Waals surface area (Å²) in [5.41, 5.74) is 2.43. The SMILES string of the molecule is CCOc1cccc([CH]Cc2cccc(OCC)c2)c1. The van der Waals surface area contributed by atoms with E-state index in [1.54, 1.807) is 0 Å². The van der Waals surface area contributed by atoms with Crippen molar-refractivity contribution < 1.29 is 9.47 Å². The number of benzene rings is 2. The maximum absolute atomic E-state index is 5.52. The highest BCUT2D eigenvalue weighted by Crippen LogP contribution is 2.18. The summed E-state index contributed by atoms with van der Waals surface area (Å²) in [5.74, 6) is 1.85. The van der Waals surface area contributed by atoms with Crippen molar-refractivity contribution in [3.63, 3.8) is 0 Å². The van der Waals surface area contributed by atoms with Gasteiger partial charge in [-0.3, -0.25) is 0 Å². The van der Waals surface area contributed by atoms with E-state index in [9.17, 15) is 0 Å². The molecule has 0 N–H and O–H groups in total. The molecule has 0 saturated carbocycles. The fourth-order valence-corrected chi connectivity index (χ4v) is 2.06. The van der Waals surface area contributed by atoms with Gasteiger partial charge in [-0.05, 0) is 62.1 Å². The summed E-state index contributed by atoms with van der Waals surface area (Å²) in [7, 11) is 0. The van der Waals surface area contributed by atoms with Crippen LogP contribution < -0.4 is 9.47 Å². The van der Waals surface area contributed by atoms with Gasteiger partial charge in [0.2, 0.25) is 0 Å². The molecule has 0 aromatic heterocycles. The second kappa shape index (κ2) is 7.59. The molecule has 0 spiro atoms. The average Bonchev–Trinajstić information content (AvgIpc) is 2.47. The van der Waals surface area contributed by atoms with Gasteiger partial charge in [0.25, 0.3) is 0 Å². The van der Waals surface area contributed by atoms with Gasteiger partial charge in [0, 0.05) is 0 Å². The second-order valence-corrected chi connectivity index (χ2v) is 4.49. The summed E-state index contributed by atoms with van der Waals surface area (Å²) >= 11 is 0. The van der Waals surface area contributed by atoms with E-state index < -0.39 is 0 Å². The molecule has 2 rings (SSSR count). The molecule has 0 aliphatic heterocycles. The van der Waals surface area contributed by atoms with Crippen LogP contribution in [0.5, 0.6) is 11.5 Å². The average molecular weight is 269 g/mol. The van der Waals surface area contributed by atoms with Gasteiger partial charge in [-0.25, -0.2) is 0 Å². The second-order valence-electron chi connectivity index (χ2n) is 4.49. The minimum atomic E-state index is 0.694. The first-order valence-corrected chi connectivity index (χ1v) is 7.09. The molecule has 0 atom stereocenters. The highest BCUT2D eigenvalue weighted by molar-refractivity contribution is 5.36. The van der Waals surface area contributed by atoms with Crippen LogP contribution >= 0.6 is 0 Å². The third-order valence-electron chi connectivity index (χ3n) is 2.95. The number of hydrogen-bond acceptors (Lipinski definition) is 2. The molecule has 2 aromatic rings. The first-order chi connectivity index (χ1) is 9.81. The van der Waals surface area contributed by atoms with Crippen LogP contribution in [-0.2, 0) is 6.42 Å². The molecule has 1 radical (unpaired) electrons. The molecular weight excluding hydrogens is 248 g/mol. The Morgan fingerprint density at radius 1 is 0.850 bits per heavy atom. The van der Waals surface area contributed by atoms with Gasteiger partial charge >= 0.3 is 0 Å². The predicted octanol–water partition coefficient (Wildman–Crippen LogP) is 4.28. The molecule has 0 amide bonds. The number of hydrogen-bond donors (Lipinski definition) is 0. The quantitative estimate of drug-likeness (QED) is 0.747. The zero-order chi connectivity index (χ0) is 14.2. The van der Waals surface area contributed by atoms with Crippen LogP contribution in [0.4, 0.5) is 0 Å². The van der Waals surface area contributed by atoms with E-state index in [1.165, 1.54) is 11.1 Å². The molecule has 0 fully saturated rings. The molecule has 0 aliphatic carbocycles. The van der Waals surface area contributed by atoms with Gasteiger partial charge < -0.3 is 9.47 Å². The maximum atomic E-state index is 5.52. The van der Waals surface area contributed by atoms with Crippen molar-refractivity contribution in [3.05, 3.63) is 66.1 Å². The minimum Gasteiger partial charge on any atom is -0.494 e. The Bertz CT molecular complexity index is 485. The van der Waals surface area contributed by atoms with Crippen LogP contribution in [0.2, 0.25) is 0 Å². The first kappa shape index (κ1) is 14.4. The molecule has 0 bridgehead atoms. The normalized spacial score (nSPS) is 10.3. The van der Waals surface area contributed by atoms with E-state index in [2.05, 4.69) is 30.7 Å². The van der Waals surface area contributed by atoms with Crippen molar-refractivity contribution in [3.8, 4) is 11.5 Å². The van der Waals surface area contributed by atoms with Crippen LogP contribution in [0.3, 0.4) is 0 Å². The van der Waals surface area contributed by atoms with Crippen molar-refractivity contribution >= 4 is 0 Å². The van der Waals surface area contributed by atoms with Crippen LogP contribution in [0.25, 0.3) is 0 Å². The number of ether oxygens (including phenoxy) is 2. The molecular formula is C18H21O2. The fraction of sp³-hybridized carbons (Fsp3) is 0.278. The predicted molar refractivity (Wildman–Crippen MR) is 82.3 cm³/mol. The Balaban J connectivity index is 1.97. The summed E-state index contributed by atoms with van der Waals surface area (Å²) in [6.07, 6.45) is 3.09. The summed E-state index contributed by atoms with van der Waals surface area (Å²) in [4.78, 5) is 0.